The molecule has 0 spiro atoms. The average molecular weight is 284 g/mol. The van der Waals surface area contributed by atoms with Gasteiger partial charge >= 0.3 is 0 Å². The van der Waals surface area contributed by atoms with Crippen LogP contribution < -0.4 is 5.32 Å². The number of benzene rings is 1. The van der Waals surface area contributed by atoms with Gasteiger partial charge < -0.3 is 9.73 Å². The van der Waals surface area contributed by atoms with Crippen molar-refractivity contribution in [3.05, 3.63) is 58.0 Å². The highest BCUT2D eigenvalue weighted by Gasteiger charge is 2.15. The van der Waals surface area contributed by atoms with Gasteiger partial charge in [-0.1, -0.05) is 23.2 Å². The molecule has 0 fully saturated rings. The van der Waals surface area contributed by atoms with Crippen LogP contribution in [0.4, 0.5) is 0 Å². The van der Waals surface area contributed by atoms with Crippen molar-refractivity contribution in [3.8, 4) is 0 Å². The first-order valence-electron chi connectivity index (χ1n) is 5.82. The van der Waals surface area contributed by atoms with Crippen molar-refractivity contribution in [3.63, 3.8) is 0 Å². The van der Waals surface area contributed by atoms with Crippen LogP contribution in [-0.4, -0.2) is 0 Å². The lowest BCUT2D eigenvalue weighted by Crippen LogP contribution is -2.22. The summed E-state index contributed by atoms with van der Waals surface area (Å²) in [6.45, 7) is 4.10. The van der Waals surface area contributed by atoms with Crippen LogP contribution in [0.3, 0.4) is 0 Å². The van der Waals surface area contributed by atoms with Gasteiger partial charge in [-0.25, -0.2) is 0 Å². The fourth-order valence-corrected chi connectivity index (χ4v) is 2.39. The molecule has 1 aromatic heterocycles. The first-order valence-corrected chi connectivity index (χ1v) is 6.58. The molecule has 2 nitrogen and oxygen atoms in total. The molecule has 1 unspecified atom stereocenters. The molecule has 1 heterocycles. The quantitative estimate of drug-likeness (QED) is 0.854. The van der Waals surface area contributed by atoms with Crippen LogP contribution in [-0.2, 0) is 0 Å². The highest BCUT2D eigenvalue weighted by Crippen LogP contribution is 2.28. The van der Waals surface area contributed by atoms with Gasteiger partial charge in [-0.3, -0.25) is 0 Å². The van der Waals surface area contributed by atoms with E-state index in [0.29, 0.717) is 10.0 Å². The number of halogens is 2. The van der Waals surface area contributed by atoms with E-state index < -0.39 is 0 Å². The van der Waals surface area contributed by atoms with Crippen molar-refractivity contribution in [1.82, 2.24) is 5.32 Å². The lowest BCUT2D eigenvalue weighted by atomic mass is 10.1. The van der Waals surface area contributed by atoms with Gasteiger partial charge in [0, 0.05) is 16.1 Å². The minimum absolute atomic E-state index is 0.0938. The van der Waals surface area contributed by atoms with Gasteiger partial charge in [0.05, 0.1) is 12.3 Å². The Labute approximate surface area is 117 Å². The van der Waals surface area contributed by atoms with Crippen molar-refractivity contribution in [2.45, 2.75) is 25.9 Å². The number of rotatable bonds is 4. The summed E-state index contributed by atoms with van der Waals surface area (Å²) in [7, 11) is 0. The molecule has 96 valence electrons. The maximum atomic E-state index is 6.18. The summed E-state index contributed by atoms with van der Waals surface area (Å²) in [5.41, 5.74) is 0.988. The monoisotopic (exact) mass is 283 g/mol. The fraction of sp³-hybridized carbons (Fsp3) is 0.286. The molecule has 0 saturated carbocycles. The Bertz CT molecular complexity index is 511. The zero-order valence-corrected chi connectivity index (χ0v) is 11.8. The third-order valence-electron chi connectivity index (χ3n) is 2.89. The number of hydrogen-bond donors (Lipinski definition) is 1. The summed E-state index contributed by atoms with van der Waals surface area (Å²) >= 11 is 12.2. The molecule has 2 atom stereocenters. The van der Waals surface area contributed by atoms with E-state index in [-0.39, 0.29) is 12.1 Å². The molecule has 0 bridgehead atoms. The zero-order valence-electron chi connectivity index (χ0n) is 10.3. The first kappa shape index (κ1) is 13.5. The van der Waals surface area contributed by atoms with Crippen LogP contribution in [0.5, 0.6) is 0 Å². The van der Waals surface area contributed by atoms with Crippen molar-refractivity contribution in [2.75, 3.05) is 0 Å². The molecule has 0 aliphatic rings. The summed E-state index contributed by atoms with van der Waals surface area (Å²) in [5.74, 6) is 0.903. The fourth-order valence-electron chi connectivity index (χ4n) is 1.93. The third kappa shape index (κ3) is 3.08. The molecule has 18 heavy (non-hydrogen) atoms. The highest BCUT2D eigenvalue weighted by molar-refractivity contribution is 6.33. The van der Waals surface area contributed by atoms with E-state index in [9.17, 15) is 0 Å². The normalized spacial score (nSPS) is 14.4. The summed E-state index contributed by atoms with van der Waals surface area (Å²) in [5, 5.41) is 4.83. The SMILES string of the molecule is CC(N[C@@H](C)c1ccco1)c1cc(Cl)ccc1Cl. The van der Waals surface area contributed by atoms with Gasteiger partial charge in [0.25, 0.3) is 0 Å². The summed E-state index contributed by atoms with van der Waals surface area (Å²) in [6.07, 6.45) is 1.67. The van der Waals surface area contributed by atoms with E-state index in [0.717, 1.165) is 11.3 Å². The molecule has 0 saturated heterocycles. The first-order chi connectivity index (χ1) is 8.58. The highest BCUT2D eigenvalue weighted by atomic mass is 35.5. The van der Waals surface area contributed by atoms with Crippen LogP contribution in [0.1, 0.15) is 37.3 Å². The Balaban J connectivity index is 2.12. The second-order valence-corrected chi connectivity index (χ2v) is 5.13. The molecule has 0 amide bonds. The van der Waals surface area contributed by atoms with Crippen molar-refractivity contribution < 1.29 is 4.42 Å². The van der Waals surface area contributed by atoms with Crippen molar-refractivity contribution >= 4 is 23.2 Å². The van der Waals surface area contributed by atoms with E-state index in [4.69, 9.17) is 27.6 Å². The molecular weight excluding hydrogens is 269 g/mol. The van der Waals surface area contributed by atoms with Crippen molar-refractivity contribution in [2.24, 2.45) is 0 Å². The molecule has 2 aromatic rings. The number of hydrogen-bond acceptors (Lipinski definition) is 2. The second kappa shape index (κ2) is 5.79. The maximum Gasteiger partial charge on any atom is 0.120 e. The van der Waals surface area contributed by atoms with Crippen LogP contribution in [0, 0.1) is 0 Å². The van der Waals surface area contributed by atoms with Crippen molar-refractivity contribution in [1.29, 1.82) is 0 Å². The summed E-state index contributed by atoms with van der Waals surface area (Å²) < 4.78 is 5.36. The molecule has 2 rings (SSSR count). The number of furan rings is 1. The van der Waals surface area contributed by atoms with Gasteiger partial charge in [-0.15, -0.1) is 0 Å². The van der Waals surface area contributed by atoms with Gasteiger partial charge in [0.2, 0.25) is 0 Å². The Morgan fingerprint density at radius 3 is 2.56 bits per heavy atom. The smallest absolute Gasteiger partial charge is 0.120 e. The zero-order chi connectivity index (χ0) is 13.1. The Morgan fingerprint density at radius 2 is 1.89 bits per heavy atom. The van der Waals surface area contributed by atoms with Gasteiger partial charge in [0.1, 0.15) is 5.76 Å². The van der Waals surface area contributed by atoms with E-state index in [1.165, 1.54) is 0 Å². The molecular formula is C14H15Cl2NO. The molecule has 0 aliphatic carbocycles. The number of nitrogens with one attached hydrogen (secondary N) is 1. The van der Waals surface area contributed by atoms with Gasteiger partial charge in [-0.05, 0) is 49.7 Å². The third-order valence-corrected chi connectivity index (χ3v) is 3.47. The summed E-state index contributed by atoms with van der Waals surface area (Å²) in [6, 6.07) is 9.53. The molecule has 0 aliphatic heterocycles. The Hall–Kier alpha value is -0.960. The van der Waals surface area contributed by atoms with E-state index in [1.54, 1.807) is 12.3 Å². The molecule has 1 N–H and O–H groups in total. The molecule has 4 heteroatoms. The minimum atomic E-state index is 0.0938. The average Bonchev–Trinajstić information content (AvgIpc) is 2.85. The molecule has 0 radical (unpaired) electrons. The lowest BCUT2D eigenvalue weighted by molar-refractivity contribution is 0.403. The van der Waals surface area contributed by atoms with Crippen LogP contribution in [0.15, 0.2) is 41.0 Å². The topological polar surface area (TPSA) is 25.2 Å². The minimum Gasteiger partial charge on any atom is -0.468 e. The van der Waals surface area contributed by atoms with Crippen LogP contribution >= 0.6 is 23.2 Å². The summed E-state index contributed by atoms with van der Waals surface area (Å²) in [4.78, 5) is 0. The van der Waals surface area contributed by atoms with Gasteiger partial charge in [0.15, 0.2) is 0 Å². The maximum absolute atomic E-state index is 6.18. The van der Waals surface area contributed by atoms with Gasteiger partial charge in [-0.2, -0.15) is 0 Å². The predicted molar refractivity (Wildman–Crippen MR) is 75.1 cm³/mol. The second-order valence-electron chi connectivity index (χ2n) is 4.29. The van der Waals surface area contributed by atoms with Crippen LogP contribution in [0.25, 0.3) is 0 Å². The largest absolute Gasteiger partial charge is 0.468 e. The Morgan fingerprint density at radius 1 is 1.11 bits per heavy atom. The van der Waals surface area contributed by atoms with E-state index >= 15 is 0 Å². The van der Waals surface area contributed by atoms with E-state index in [1.807, 2.05) is 31.2 Å². The standard InChI is InChI=1S/C14H15Cl2NO/c1-9(12-8-11(15)5-6-13(12)16)17-10(2)14-4-3-7-18-14/h3-10,17H,1-2H3/t9?,10-/m0/s1. The predicted octanol–water partition coefficient (Wildman–Crippen LogP) is 5.00. The lowest BCUT2D eigenvalue weighted by Gasteiger charge is -2.20. The molecule has 1 aromatic carbocycles. The van der Waals surface area contributed by atoms with E-state index in [2.05, 4.69) is 12.2 Å². The Kier molecular flexibility index (Phi) is 4.33. The van der Waals surface area contributed by atoms with Crippen LogP contribution in [0.2, 0.25) is 10.0 Å².